The maximum absolute atomic E-state index is 12.1. The number of rotatable bonds is 4. The molecule has 0 saturated carbocycles. The monoisotopic (exact) mass is 267 g/mol. The lowest BCUT2D eigenvalue weighted by atomic mass is 10.0. The first-order valence-corrected chi connectivity index (χ1v) is 6.21. The van der Waals surface area contributed by atoms with E-state index < -0.39 is 6.61 Å². The second-order valence-electron chi connectivity index (χ2n) is 5.01. The van der Waals surface area contributed by atoms with Gasteiger partial charge < -0.3 is 9.64 Å². The first-order chi connectivity index (χ1) is 9.11. The quantitative estimate of drug-likeness (QED) is 0.850. The van der Waals surface area contributed by atoms with Gasteiger partial charge in [0.25, 0.3) is 0 Å². The summed E-state index contributed by atoms with van der Waals surface area (Å²) in [6.07, 6.45) is 1.69. The van der Waals surface area contributed by atoms with Crippen LogP contribution in [0.4, 0.5) is 8.78 Å². The highest BCUT2D eigenvalue weighted by Gasteiger charge is 2.24. The predicted molar refractivity (Wildman–Crippen MR) is 67.4 cm³/mol. The summed E-state index contributed by atoms with van der Waals surface area (Å²) in [6, 6.07) is 4.93. The molecule has 19 heavy (non-hydrogen) atoms. The molecule has 1 aliphatic heterocycles. The Balaban J connectivity index is 1.79. The first-order valence-electron chi connectivity index (χ1n) is 6.21. The third kappa shape index (κ3) is 2.53. The van der Waals surface area contributed by atoms with Crippen molar-refractivity contribution in [1.29, 1.82) is 0 Å². The highest BCUT2D eigenvalue weighted by atomic mass is 19.3. The summed E-state index contributed by atoms with van der Waals surface area (Å²) >= 11 is 0. The number of nitrogens with zero attached hydrogens (tertiary/aromatic N) is 3. The van der Waals surface area contributed by atoms with Gasteiger partial charge in [0.2, 0.25) is 0 Å². The molecule has 1 fully saturated rings. The fourth-order valence-electron chi connectivity index (χ4n) is 2.57. The molecule has 6 heteroatoms. The van der Waals surface area contributed by atoms with E-state index >= 15 is 0 Å². The van der Waals surface area contributed by atoms with Crippen molar-refractivity contribution >= 4 is 10.9 Å². The van der Waals surface area contributed by atoms with Gasteiger partial charge in [0.15, 0.2) is 0 Å². The second kappa shape index (κ2) is 4.77. The zero-order chi connectivity index (χ0) is 13.4. The van der Waals surface area contributed by atoms with Crippen molar-refractivity contribution in [3.05, 3.63) is 24.4 Å². The zero-order valence-corrected chi connectivity index (χ0v) is 10.6. The molecule has 1 saturated heterocycles. The third-order valence-electron chi connectivity index (χ3n) is 3.41. The van der Waals surface area contributed by atoms with E-state index in [4.69, 9.17) is 0 Å². The molecule has 0 spiro atoms. The molecule has 1 aromatic heterocycles. The molecule has 0 atom stereocenters. The van der Waals surface area contributed by atoms with Gasteiger partial charge in [0, 0.05) is 30.9 Å². The minimum Gasteiger partial charge on any atom is -0.435 e. The van der Waals surface area contributed by atoms with Gasteiger partial charge in [-0.25, -0.2) is 0 Å². The van der Waals surface area contributed by atoms with Gasteiger partial charge >= 0.3 is 6.61 Å². The number of ether oxygens (including phenoxy) is 1. The summed E-state index contributed by atoms with van der Waals surface area (Å²) in [5.74, 6) is 0.788. The molecular formula is C13H15F2N3O. The zero-order valence-electron chi connectivity index (χ0n) is 10.6. The van der Waals surface area contributed by atoms with Gasteiger partial charge in [-0.1, -0.05) is 0 Å². The summed E-state index contributed by atoms with van der Waals surface area (Å²) in [4.78, 5) is 2.25. The summed E-state index contributed by atoms with van der Waals surface area (Å²) < 4.78 is 30.6. The van der Waals surface area contributed by atoms with Crippen molar-refractivity contribution < 1.29 is 13.5 Å². The van der Waals surface area contributed by atoms with E-state index in [2.05, 4.69) is 21.8 Å². The summed E-state index contributed by atoms with van der Waals surface area (Å²) in [6.45, 7) is 0.225. The van der Waals surface area contributed by atoms with Crippen molar-refractivity contribution in [1.82, 2.24) is 14.7 Å². The Labute approximate surface area is 109 Å². The number of halogens is 2. The molecule has 0 amide bonds. The maximum Gasteiger partial charge on any atom is 0.387 e. The number of aromatic nitrogens is 2. The Morgan fingerprint density at radius 1 is 1.42 bits per heavy atom. The standard InChI is InChI=1S/C13H15F2N3O/c1-17-6-9(7-17)8-18-12-3-2-11(19-13(14)15)4-10(12)5-16-18/h2-5,9,13H,6-8H2,1H3. The molecule has 0 radical (unpaired) electrons. The van der Waals surface area contributed by atoms with Crippen molar-refractivity contribution in [3.8, 4) is 5.75 Å². The fraction of sp³-hybridized carbons (Fsp3) is 0.462. The fourth-order valence-corrected chi connectivity index (χ4v) is 2.57. The van der Waals surface area contributed by atoms with E-state index in [1.165, 1.54) is 0 Å². The normalized spacial score (nSPS) is 17.1. The maximum atomic E-state index is 12.1. The Hall–Kier alpha value is -1.69. The second-order valence-corrected chi connectivity index (χ2v) is 5.01. The third-order valence-corrected chi connectivity index (χ3v) is 3.41. The number of fused-ring (bicyclic) bond motifs is 1. The molecule has 0 unspecified atom stereocenters. The first kappa shape index (κ1) is 12.3. The summed E-state index contributed by atoms with van der Waals surface area (Å²) in [7, 11) is 2.09. The van der Waals surface area contributed by atoms with E-state index in [-0.39, 0.29) is 5.75 Å². The number of likely N-dealkylation sites (tertiary alicyclic amines) is 1. The van der Waals surface area contributed by atoms with Crippen LogP contribution in [0.1, 0.15) is 0 Å². The Kier molecular flexibility index (Phi) is 3.10. The number of hydrogen-bond acceptors (Lipinski definition) is 3. The van der Waals surface area contributed by atoms with Crippen LogP contribution >= 0.6 is 0 Å². The van der Waals surface area contributed by atoms with E-state index in [0.717, 1.165) is 30.5 Å². The van der Waals surface area contributed by atoms with Crippen molar-refractivity contribution in [2.24, 2.45) is 5.92 Å². The van der Waals surface area contributed by atoms with Crippen LogP contribution in [0.25, 0.3) is 10.9 Å². The molecule has 2 heterocycles. The molecule has 1 aliphatic rings. The highest BCUT2D eigenvalue weighted by molar-refractivity contribution is 5.80. The Bertz CT molecular complexity index is 578. The van der Waals surface area contributed by atoms with Crippen LogP contribution in [0, 0.1) is 5.92 Å². The van der Waals surface area contributed by atoms with E-state index in [1.807, 2.05) is 4.68 Å². The van der Waals surface area contributed by atoms with Gasteiger partial charge in [-0.2, -0.15) is 13.9 Å². The Morgan fingerprint density at radius 2 is 2.21 bits per heavy atom. The molecule has 4 nitrogen and oxygen atoms in total. The lowest BCUT2D eigenvalue weighted by Crippen LogP contribution is -2.45. The van der Waals surface area contributed by atoms with Gasteiger partial charge in [-0.05, 0) is 25.2 Å². The average molecular weight is 267 g/mol. The van der Waals surface area contributed by atoms with Crippen molar-refractivity contribution in [2.45, 2.75) is 13.2 Å². The number of alkyl halides is 2. The van der Waals surface area contributed by atoms with Gasteiger partial charge in [-0.3, -0.25) is 4.68 Å². The number of benzene rings is 1. The lowest BCUT2D eigenvalue weighted by molar-refractivity contribution is -0.0497. The largest absolute Gasteiger partial charge is 0.435 e. The van der Waals surface area contributed by atoms with Gasteiger partial charge in [-0.15, -0.1) is 0 Å². The van der Waals surface area contributed by atoms with E-state index in [9.17, 15) is 8.78 Å². The average Bonchev–Trinajstić information content (AvgIpc) is 2.69. The van der Waals surface area contributed by atoms with Crippen LogP contribution in [0.2, 0.25) is 0 Å². The molecular weight excluding hydrogens is 252 g/mol. The molecule has 0 N–H and O–H groups in total. The molecule has 102 valence electrons. The van der Waals surface area contributed by atoms with E-state index in [1.54, 1.807) is 24.4 Å². The molecule has 0 bridgehead atoms. The van der Waals surface area contributed by atoms with Crippen LogP contribution in [0.15, 0.2) is 24.4 Å². The smallest absolute Gasteiger partial charge is 0.387 e. The molecule has 0 aliphatic carbocycles. The van der Waals surface area contributed by atoms with Gasteiger partial charge in [0.1, 0.15) is 5.75 Å². The van der Waals surface area contributed by atoms with Gasteiger partial charge in [0.05, 0.1) is 11.7 Å². The highest BCUT2D eigenvalue weighted by Crippen LogP contribution is 2.24. The van der Waals surface area contributed by atoms with Crippen LogP contribution < -0.4 is 4.74 Å². The van der Waals surface area contributed by atoms with E-state index in [0.29, 0.717) is 5.92 Å². The topological polar surface area (TPSA) is 30.3 Å². The van der Waals surface area contributed by atoms with Crippen LogP contribution in [0.3, 0.4) is 0 Å². The predicted octanol–water partition coefficient (Wildman–Crippen LogP) is 2.20. The minimum absolute atomic E-state index is 0.172. The number of hydrogen-bond donors (Lipinski definition) is 0. The SMILES string of the molecule is CN1CC(Cn2ncc3cc(OC(F)F)ccc32)C1. The molecule has 1 aromatic carbocycles. The summed E-state index contributed by atoms with van der Waals surface area (Å²) in [5, 5.41) is 5.14. The van der Waals surface area contributed by atoms with Crippen LogP contribution in [-0.2, 0) is 6.54 Å². The van der Waals surface area contributed by atoms with Crippen LogP contribution in [-0.4, -0.2) is 41.4 Å². The molecule has 3 rings (SSSR count). The van der Waals surface area contributed by atoms with Crippen LogP contribution in [0.5, 0.6) is 5.75 Å². The van der Waals surface area contributed by atoms with Crippen molar-refractivity contribution in [2.75, 3.05) is 20.1 Å². The van der Waals surface area contributed by atoms with Crippen molar-refractivity contribution in [3.63, 3.8) is 0 Å². The minimum atomic E-state index is -2.79. The molecule has 2 aromatic rings. The summed E-state index contributed by atoms with van der Waals surface area (Å²) in [5.41, 5.74) is 0.955. The Morgan fingerprint density at radius 3 is 2.89 bits per heavy atom. The lowest BCUT2D eigenvalue weighted by Gasteiger charge is -2.36.